The second-order valence-corrected chi connectivity index (χ2v) is 11.8. The van der Waals surface area contributed by atoms with Crippen LogP contribution in [0.2, 0.25) is 19.6 Å². The lowest BCUT2D eigenvalue weighted by atomic mass is 10.2. The van der Waals surface area contributed by atoms with Gasteiger partial charge in [-0.2, -0.15) is 0 Å². The highest BCUT2D eigenvalue weighted by atomic mass is 28.3. The van der Waals surface area contributed by atoms with Crippen LogP contribution in [0.3, 0.4) is 0 Å². The van der Waals surface area contributed by atoms with E-state index in [-0.39, 0.29) is 0 Å². The Morgan fingerprint density at radius 3 is 2.26 bits per heavy atom. The molecular formula is C22H26N4Si. The van der Waals surface area contributed by atoms with Gasteiger partial charge in [-0.15, -0.1) is 10.7 Å². The minimum atomic E-state index is -1.42. The molecule has 5 heteroatoms. The molecule has 0 spiro atoms. The monoisotopic (exact) mass is 374 g/mol. The van der Waals surface area contributed by atoms with Gasteiger partial charge >= 0.3 is 0 Å². The Hall–Kier alpha value is -2.89. The zero-order valence-corrected chi connectivity index (χ0v) is 17.7. The largest absolute Gasteiger partial charge is 0.279 e. The van der Waals surface area contributed by atoms with Crippen LogP contribution in [0.4, 0.5) is 5.69 Å². The first kappa shape index (κ1) is 20.4. The minimum Gasteiger partial charge on any atom is -0.279 e. The molecule has 2 rings (SSSR count). The Kier molecular flexibility index (Phi) is 7.34. The van der Waals surface area contributed by atoms with Crippen LogP contribution in [0.25, 0.3) is 0 Å². The molecule has 0 amide bonds. The molecule has 0 fully saturated rings. The second-order valence-electron chi connectivity index (χ2n) is 7.04. The molecule has 2 aromatic rings. The standard InChI is InChI=1S/C22H26N4Si/c1-6-26(7-2)25-24-22-13-8-10-19(18-22)14-15-20-11-9-12-21(23-20)16-17-27(3,4)5/h8-13,18H,6-7H2,1-5H3. The van der Waals surface area contributed by atoms with Crippen LogP contribution in [0.15, 0.2) is 52.8 Å². The van der Waals surface area contributed by atoms with Gasteiger partial charge in [0.1, 0.15) is 19.5 Å². The third-order valence-electron chi connectivity index (χ3n) is 3.51. The first-order valence-corrected chi connectivity index (χ1v) is 12.7. The maximum atomic E-state index is 4.52. The molecule has 0 radical (unpaired) electrons. The van der Waals surface area contributed by atoms with Crippen molar-refractivity contribution >= 4 is 13.8 Å². The van der Waals surface area contributed by atoms with Gasteiger partial charge in [-0.3, -0.25) is 5.01 Å². The SMILES string of the molecule is CCN(CC)N=Nc1cccc(C#Cc2cccc(C#C[Si](C)(C)C)n2)c1. The maximum Gasteiger partial charge on any atom is 0.129 e. The Balaban J connectivity index is 2.18. The van der Waals surface area contributed by atoms with E-state index in [0.717, 1.165) is 30.0 Å². The average Bonchev–Trinajstić information content (AvgIpc) is 2.66. The molecule has 138 valence electrons. The van der Waals surface area contributed by atoms with Crippen LogP contribution in [0, 0.1) is 23.3 Å². The van der Waals surface area contributed by atoms with Crippen molar-refractivity contribution in [3.05, 3.63) is 59.4 Å². The van der Waals surface area contributed by atoms with Crippen molar-refractivity contribution in [1.29, 1.82) is 0 Å². The highest BCUT2D eigenvalue weighted by Gasteiger charge is 2.07. The number of aromatic nitrogens is 1. The first-order valence-electron chi connectivity index (χ1n) is 9.18. The van der Waals surface area contributed by atoms with Crippen molar-refractivity contribution < 1.29 is 0 Å². The summed E-state index contributed by atoms with van der Waals surface area (Å²) in [6.45, 7) is 12.4. The Morgan fingerprint density at radius 1 is 0.926 bits per heavy atom. The second kappa shape index (κ2) is 9.71. The van der Waals surface area contributed by atoms with Gasteiger partial charge in [0.05, 0.1) is 5.69 Å². The van der Waals surface area contributed by atoms with E-state index in [1.807, 2.05) is 47.5 Å². The van der Waals surface area contributed by atoms with Gasteiger partial charge in [-0.05, 0) is 50.1 Å². The lowest BCUT2D eigenvalue weighted by Gasteiger charge is -2.10. The molecule has 4 nitrogen and oxygen atoms in total. The molecule has 0 aliphatic heterocycles. The number of hydrogen-bond donors (Lipinski definition) is 0. The van der Waals surface area contributed by atoms with Crippen LogP contribution >= 0.6 is 0 Å². The van der Waals surface area contributed by atoms with E-state index in [1.165, 1.54) is 0 Å². The van der Waals surface area contributed by atoms with Gasteiger partial charge < -0.3 is 0 Å². The molecule has 0 N–H and O–H groups in total. The highest BCUT2D eigenvalue weighted by molar-refractivity contribution is 6.83. The average molecular weight is 375 g/mol. The molecule has 1 aromatic carbocycles. The predicted molar refractivity (Wildman–Crippen MR) is 114 cm³/mol. The van der Waals surface area contributed by atoms with E-state index in [4.69, 9.17) is 0 Å². The van der Waals surface area contributed by atoms with E-state index < -0.39 is 8.07 Å². The topological polar surface area (TPSA) is 40.9 Å². The van der Waals surface area contributed by atoms with Gasteiger partial charge in [-0.25, -0.2) is 4.98 Å². The van der Waals surface area contributed by atoms with Crippen LogP contribution in [0.5, 0.6) is 0 Å². The van der Waals surface area contributed by atoms with E-state index in [0.29, 0.717) is 5.69 Å². The fraction of sp³-hybridized carbons (Fsp3) is 0.318. The van der Waals surface area contributed by atoms with Gasteiger partial charge in [0.2, 0.25) is 0 Å². The third kappa shape index (κ3) is 7.48. The molecule has 0 atom stereocenters. The summed E-state index contributed by atoms with van der Waals surface area (Å²) in [5.41, 5.74) is 6.48. The molecule has 0 saturated heterocycles. The van der Waals surface area contributed by atoms with E-state index in [2.05, 4.69) is 72.1 Å². The van der Waals surface area contributed by atoms with Crippen LogP contribution in [-0.4, -0.2) is 31.2 Å². The number of benzene rings is 1. The van der Waals surface area contributed by atoms with E-state index in [1.54, 1.807) is 0 Å². The maximum absolute atomic E-state index is 4.52. The first-order chi connectivity index (χ1) is 12.9. The normalized spacial score (nSPS) is 10.7. The summed E-state index contributed by atoms with van der Waals surface area (Å²) in [6.07, 6.45) is 0. The van der Waals surface area contributed by atoms with Gasteiger partial charge in [0, 0.05) is 18.7 Å². The molecule has 0 aliphatic rings. The van der Waals surface area contributed by atoms with Crippen molar-refractivity contribution in [2.24, 2.45) is 10.3 Å². The van der Waals surface area contributed by atoms with Gasteiger partial charge in [0.25, 0.3) is 0 Å². The number of nitrogens with zero attached hydrogens (tertiary/aromatic N) is 4. The molecule has 0 aliphatic carbocycles. The minimum absolute atomic E-state index is 0.715. The lowest BCUT2D eigenvalue weighted by molar-refractivity contribution is 0.301. The fourth-order valence-corrected chi connectivity index (χ4v) is 2.58. The summed E-state index contributed by atoms with van der Waals surface area (Å²) in [6, 6.07) is 13.5. The smallest absolute Gasteiger partial charge is 0.129 e. The molecule has 0 saturated carbocycles. The van der Waals surface area contributed by atoms with Crippen molar-refractivity contribution in [1.82, 2.24) is 9.99 Å². The summed E-state index contributed by atoms with van der Waals surface area (Å²) in [5.74, 6) is 9.43. The zero-order chi connectivity index (χ0) is 19.7. The lowest BCUT2D eigenvalue weighted by Crippen LogP contribution is -2.16. The number of pyridine rings is 1. The summed E-state index contributed by atoms with van der Waals surface area (Å²) in [7, 11) is -1.42. The highest BCUT2D eigenvalue weighted by Crippen LogP contribution is 2.14. The Bertz CT molecular complexity index is 917. The van der Waals surface area contributed by atoms with Crippen molar-refractivity contribution in [3.63, 3.8) is 0 Å². The van der Waals surface area contributed by atoms with Gasteiger partial charge in [0.15, 0.2) is 0 Å². The van der Waals surface area contributed by atoms with Crippen LogP contribution in [-0.2, 0) is 0 Å². The predicted octanol–water partition coefficient (Wildman–Crippen LogP) is 5.05. The van der Waals surface area contributed by atoms with Gasteiger partial charge in [-0.1, -0.05) is 48.8 Å². The quantitative estimate of drug-likeness (QED) is 0.325. The third-order valence-corrected chi connectivity index (χ3v) is 4.39. The number of rotatable bonds is 4. The summed E-state index contributed by atoms with van der Waals surface area (Å²) >= 11 is 0. The molecule has 1 heterocycles. The van der Waals surface area contributed by atoms with E-state index in [9.17, 15) is 0 Å². The van der Waals surface area contributed by atoms with Crippen molar-refractivity contribution in [3.8, 4) is 23.3 Å². The zero-order valence-electron chi connectivity index (χ0n) is 16.7. The summed E-state index contributed by atoms with van der Waals surface area (Å²) in [5, 5.41) is 10.4. The molecular weight excluding hydrogens is 348 g/mol. The van der Waals surface area contributed by atoms with Crippen LogP contribution < -0.4 is 0 Å². The molecule has 0 bridgehead atoms. The number of hydrogen-bond acceptors (Lipinski definition) is 3. The summed E-state index contributed by atoms with van der Waals surface area (Å²) < 4.78 is 0. The van der Waals surface area contributed by atoms with Crippen LogP contribution in [0.1, 0.15) is 30.8 Å². The Morgan fingerprint density at radius 2 is 1.59 bits per heavy atom. The van der Waals surface area contributed by atoms with E-state index >= 15 is 0 Å². The molecule has 1 aromatic heterocycles. The summed E-state index contributed by atoms with van der Waals surface area (Å²) in [4.78, 5) is 4.52. The molecule has 27 heavy (non-hydrogen) atoms. The van der Waals surface area contributed by atoms with Crippen molar-refractivity contribution in [2.75, 3.05) is 13.1 Å². The molecule has 0 unspecified atom stereocenters. The fourth-order valence-electron chi connectivity index (χ4n) is 2.07. The Labute approximate surface area is 163 Å². The van der Waals surface area contributed by atoms with Crippen molar-refractivity contribution in [2.45, 2.75) is 33.5 Å².